The summed E-state index contributed by atoms with van der Waals surface area (Å²) < 4.78 is 22.8. The summed E-state index contributed by atoms with van der Waals surface area (Å²) in [6.07, 6.45) is 4.66. The van der Waals surface area contributed by atoms with Gasteiger partial charge in [-0.05, 0) is 68.0 Å². The number of anilines is 1. The summed E-state index contributed by atoms with van der Waals surface area (Å²) >= 11 is 0. The fourth-order valence-electron chi connectivity index (χ4n) is 5.89. The predicted molar refractivity (Wildman–Crippen MR) is 139 cm³/mol. The maximum absolute atomic E-state index is 15.4. The Balaban J connectivity index is 1.29. The van der Waals surface area contributed by atoms with Crippen molar-refractivity contribution in [3.05, 3.63) is 71.1 Å². The molecule has 1 N–H and O–H groups in total. The molecule has 2 aromatic carbocycles. The highest BCUT2D eigenvalue weighted by Gasteiger charge is 2.42. The van der Waals surface area contributed by atoms with Gasteiger partial charge in [0.25, 0.3) is 5.91 Å². The highest BCUT2D eigenvalue weighted by Crippen LogP contribution is 2.38. The van der Waals surface area contributed by atoms with E-state index < -0.39 is 23.7 Å². The van der Waals surface area contributed by atoms with Gasteiger partial charge in [-0.1, -0.05) is 12.1 Å². The van der Waals surface area contributed by atoms with Gasteiger partial charge in [0.15, 0.2) is 6.04 Å². The largest absolute Gasteiger partial charge is 0.464 e. The lowest BCUT2D eigenvalue weighted by atomic mass is 9.99. The van der Waals surface area contributed by atoms with E-state index in [1.807, 2.05) is 28.8 Å². The minimum atomic E-state index is -1.02. The Morgan fingerprint density at radius 1 is 1.16 bits per heavy atom. The lowest BCUT2D eigenvalue weighted by molar-refractivity contribution is -0.149. The molecule has 38 heavy (non-hydrogen) atoms. The molecule has 0 radical (unpaired) electrons. The smallest absolute Gasteiger partial charge is 0.335 e. The minimum Gasteiger partial charge on any atom is -0.464 e. The summed E-state index contributed by atoms with van der Waals surface area (Å²) in [4.78, 5) is 34.9. The van der Waals surface area contributed by atoms with Gasteiger partial charge in [-0.3, -0.25) is 4.79 Å². The average Bonchev–Trinajstić information content (AvgIpc) is 3.62. The first kappa shape index (κ1) is 24.6. The van der Waals surface area contributed by atoms with Crippen molar-refractivity contribution >= 4 is 17.6 Å². The van der Waals surface area contributed by atoms with E-state index in [4.69, 9.17) is 4.74 Å². The van der Waals surface area contributed by atoms with Crippen LogP contribution in [0.5, 0.6) is 0 Å². The van der Waals surface area contributed by atoms with Crippen LogP contribution in [-0.4, -0.2) is 57.2 Å². The SMILES string of the molecule is CCOC(=O)[C@@H](c1ncn2c1CCC2)N1Cc2c(F)cc(-c3ccc(N4CCC(O)CC4)cc3)cc2C1=O. The molecule has 0 saturated carbocycles. The third-order valence-electron chi connectivity index (χ3n) is 7.92. The number of benzene rings is 2. The number of carbonyl (C=O) groups is 2. The first-order chi connectivity index (χ1) is 18.4. The Morgan fingerprint density at radius 3 is 2.66 bits per heavy atom. The first-order valence-corrected chi connectivity index (χ1v) is 13.3. The fraction of sp³-hybridized carbons (Fsp3) is 0.414. The lowest BCUT2D eigenvalue weighted by Crippen LogP contribution is -2.36. The summed E-state index contributed by atoms with van der Waals surface area (Å²) in [5.74, 6) is -1.43. The molecule has 3 aliphatic rings. The van der Waals surface area contributed by atoms with Crippen LogP contribution < -0.4 is 4.90 Å². The number of aliphatic hydroxyl groups excluding tert-OH is 1. The van der Waals surface area contributed by atoms with Gasteiger partial charge in [0.1, 0.15) is 5.82 Å². The molecule has 6 rings (SSSR count). The molecular weight excluding hydrogens is 487 g/mol. The number of rotatable bonds is 6. The predicted octanol–water partition coefficient (Wildman–Crippen LogP) is 3.86. The molecule has 3 aliphatic heterocycles. The van der Waals surface area contributed by atoms with E-state index in [0.717, 1.165) is 62.3 Å². The molecule has 1 saturated heterocycles. The van der Waals surface area contributed by atoms with Crippen LogP contribution in [0.3, 0.4) is 0 Å². The van der Waals surface area contributed by atoms with E-state index in [-0.39, 0.29) is 30.4 Å². The number of esters is 1. The summed E-state index contributed by atoms with van der Waals surface area (Å²) in [7, 11) is 0. The van der Waals surface area contributed by atoms with Crippen LogP contribution in [0.15, 0.2) is 42.7 Å². The Kier molecular flexibility index (Phi) is 6.39. The number of hydrogen-bond donors (Lipinski definition) is 1. The number of aliphatic hydroxyl groups is 1. The van der Waals surface area contributed by atoms with E-state index in [1.165, 1.54) is 11.0 Å². The zero-order chi connectivity index (χ0) is 26.4. The quantitative estimate of drug-likeness (QED) is 0.499. The van der Waals surface area contributed by atoms with Crippen molar-refractivity contribution < 1.29 is 23.8 Å². The molecule has 1 fully saturated rings. The zero-order valence-corrected chi connectivity index (χ0v) is 21.4. The third-order valence-corrected chi connectivity index (χ3v) is 7.92. The number of aromatic nitrogens is 2. The molecule has 1 amide bonds. The van der Waals surface area contributed by atoms with Gasteiger partial charge in [-0.15, -0.1) is 0 Å². The maximum atomic E-state index is 15.4. The van der Waals surface area contributed by atoms with Crippen molar-refractivity contribution in [1.82, 2.24) is 14.5 Å². The highest BCUT2D eigenvalue weighted by molar-refractivity contribution is 6.02. The molecule has 8 nitrogen and oxygen atoms in total. The standard InChI is InChI=1S/C29H31FN4O4/c1-2-38-29(37)27(26-25-4-3-11-33(25)17-31-26)34-16-23-22(28(34)36)14-19(15-24(23)30)18-5-7-20(8-6-18)32-12-9-21(35)10-13-32/h5-8,14-15,17,21,27,35H,2-4,9-13,16H2,1H3/t27-/m1/s1. The first-order valence-electron chi connectivity index (χ1n) is 13.3. The number of ether oxygens (including phenoxy) is 1. The number of imidazole rings is 1. The lowest BCUT2D eigenvalue weighted by Gasteiger charge is -2.31. The number of aryl methyl sites for hydroxylation is 1. The molecule has 9 heteroatoms. The van der Waals surface area contributed by atoms with Crippen molar-refractivity contribution in [3.8, 4) is 11.1 Å². The molecule has 3 aromatic rings. The zero-order valence-electron chi connectivity index (χ0n) is 21.4. The van der Waals surface area contributed by atoms with E-state index in [1.54, 1.807) is 19.3 Å². The van der Waals surface area contributed by atoms with Crippen molar-refractivity contribution in [2.75, 3.05) is 24.6 Å². The fourth-order valence-corrected chi connectivity index (χ4v) is 5.89. The monoisotopic (exact) mass is 518 g/mol. The van der Waals surface area contributed by atoms with Gasteiger partial charge >= 0.3 is 5.97 Å². The van der Waals surface area contributed by atoms with Crippen molar-refractivity contribution in [1.29, 1.82) is 0 Å². The van der Waals surface area contributed by atoms with Crippen molar-refractivity contribution in [2.24, 2.45) is 0 Å². The van der Waals surface area contributed by atoms with Gasteiger partial charge in [0, 0.05) is 42.1 Å². The Hall–Kier alpha value is -3.72. The van der Waals surface area contributed by atoms with Gasteiger partial charge in [0.2, 0.25) is 0 Å². The summed E-state index contributed by atoms with van der Waals surface area (Å²) in [5, 5.41) is 9.77. The van der Waals surface area contributed by atoms with Crippen LogP contribution in [-0.2, 0) is 29.0 Å². The number of nitrogens with zero attached hydrogens (tertiary/aromatic N) is 4. The number of carbonyl (C=O) groups excluding carboxylic acids is 2. The topological polar surface area (TPSA) is 87.9 Å². The van der Waals surface area contributed by atoms with Crippen molar-refractivity contribution in [2.45, 2.75) is 57.8 Å². The average molecular weight is 519 g/mol. The summed E-state index contributed by atoms with van der Waals surface area (Å²) in [5.41, 5.74) is 4.45. The molecule has 0 spiro atoms. The molecule has 0 unspecified atom stereocenters. The number of piperidine rings is 1. The molecule has 0 aliphatic carbocycles. The number of halogens is 1. The second-order valence-electron chi connectivity index (χ2n) is 10.2. The Bertz CT molecular complexity index is 1380. The van der Waals surface area contributed by atoms with Gasteiger partial charge in [-0.2, -0.15) is 0 Å². The van der Waals surface area contributed by atoms with E-state index in [2.05, 4.69) is 9.88 Å². The van der Waals surface area contributed by atoms with Crippen LogP contribution in [0.25, 0.3) is 11.1 Å². The second kappa shape index (κ2) is 9.87. The maximum Gasteiger partial charge on any atom is 0.335 e. The highest BCUT2D eigenvalue weighted by atomic mass is 19.1. The van der Waals surface area contributed by atoms with Crippen LogP contribution in [0, 0.1) is 5.82 Å². The minimum absolute atomic E-state index is 0.0180. The van der Waals surface area contributed by atoms with Gasteiger partial charge in [-0.25, -0.2) is 14.2 Å². The molecule has 1 atom stereocenters. The summed E-state index contributed by atoms with van der Waals surface area (Å²) in [6.45, 7) is 4.28. The Morgan fingerprint density at radius 2 is 1.92 bits per heavy atom. The molecule has 0 bridgehead atoms. The van der Waals surface area contributed by atoms with E-state index in [9.17, 15) is 14.7 Å². The van der Waals surface area contributed by atoms with Gasteiger partial charge < -0.3 is 24.2 Å². The molecule has 198 valence electrons. The van der Waals surface area contributed by atoms with Crippen molar-refractivity contribution in [3.63, 3.8) is 0 Å². The molecule has 1 aromatic heterocycles. The third kappa shape index (κ3) is 4.24. The molecule has 4 heterocycles. The normalized spacial score (nSPS) is 18.0. The van der Waals surface area contributed by atoms with Crippen LogP contribution >= 0.6 is 0 Å². The van der Waals surface area contributed by atoms with Crippen LogP contribution in [0.1, 0.15) is 59.5 Å². The van der Waals surface area contributed by atoms with E-state index >= 15 is 4.39 Å². The summed E-state index contributed by atoms with van der Waals surface area (Å²) in [6, 6.07) is 9.98. The van der Waals surface area contributed by atoms with Crippen LogP contribution in [0.4, 0.5) is 10.1 Å². The Labute approximate surface area is 220 Å². The number of amides is 1. The van der Waals surface area contributed by atoms with Crippen LogP contribution in [0.2, 0.25) is 0 Å². The number of hydrogen-bond acceptors (Lipinski definition) is 6. The van der Waals surface area contributed by atoms with E-state index in [0.29, 0.717) is 11.3 Å². The molecular formula is C29H31FN4O4. The second-order valence-corrected chi connectivity index (χ2v) is 10.2. The van der Waals surface area contributed by atoms with Gasteiger partial charge in [0.05, 0.1) is 31.3 Å². The number of fused-ring (bicyclic) bond motifs is 2.